The monoisotopic (exact) mass is 376 g/mol. The number of nitrogens with one attached hydrogen (secondary N) is 2. The van der Waals surface area contributed by atoms with E-state index in [0.29, 0.717) is 11.1 Å². The Hall–Kier alpha value is -2.71. The molecular formula is C16H13ClN4O3S. The molecule has 7 nitrogen and oxygen atoms in total. The van der Waals surface area contributed by atoms with E-state index >= 15 is 0 Å². The van der Waals surface area contributed by atoms with Crippen molar-refractivity contribution in [2.45, 2.75) is 11.8 Å². The van der Waals surface area contributed by atoms with Crippen LogP contribution in [0.5, 0.6) is 0 Å². The normalized spacial score (nSPS) is 11.3. The molecule has 0 saturated heterocycles. The molecule has 128 valence electrons. The Morgan fingerprint density at radius 1 is 1.08 bits per heavy atom. The summed E-state index contributed by atoms with van der Waals surface area (Å²) in [5.74, 6) is -0.0874. The van der Waals surface area contributed by atoms with Gasteiger partial charge in [0.05, 0.1) is 4.90 Å². The van der Waals surface area contributed by atoms with E-state index in [9.17, 15) is 13.2 Å². The van der Waals surface area contributed by atoms with Crippen LogP contribution in [0.2, 0.25) is 5.15 Å². The zero-order valence-corrected chi connectivity index (χ0v) is 14.6. The van der Waals surface area contributed by atoms with E-state index in [-0.39, 0.29) is 16.0 Å². The fourth-order valence-electron chi connectivity index (χ4n) is 2.32. The highest BCUT2D eigenvalue weighted by Crippen LogP contribution is 2.22. The molecule has 0 aliphatic carbocycles. The third-order valence-corrected chi connectivity index (χ3v) is 4.90. The Labute approximate surface area is 149 Å². The van der Waals surface area contributed by atoms with Crippen LogP contribution in [0.15, 0.2) is 53.4 Å². The number of sulfonamides is 1. The summed E-state index contributed by atoms with van der Waals surface area (Å²) in [5.41, 5.74) is 0.534. The number of hydrogen-bond donors (Lipinski definition) is 2. The van der Waals surface area contributed by atoms with Crippen LogP contribution < -0.4 is 10.0 Å². The summed E-state index contributed by atoms with van der Waals surface area (Å²) in [7, 11) is -4.08. The number of aryl methyl sites for hydroxylation is 1. The molecule has 1 aromatic heterocycles. The lowest BCUT2D eigenvalue weighted by molar-refractivity contribution is 0.256. The van der Waals surface area contributed by atoms with Crippen LogP contribution >= 0.6 is 11.6 Å². The number of halogens is 1. The maximum absolute atomic E-state index is 12.5. The van der Waals surface area contributed by atoms with Gasteiger partial charge in [0, 0.05) is 11.1 Å². The number of urea groups is 1. The number of aromatic nitrogens is 2. The summed E-state index contributed by atoms with van der Waals surface area (Å²) in [5, 5.41) is 3.66. The Morgan fingerprint density at radius 3 is 2.56 bits per heavy atom. The van der Waals surface area contributed by atoms with Gasteiger partial charge in [-0.1, -0.05) is 48.0 Å². The number of amides is 2. The molecule has 0 aliphatic heterocycles. The highest BCUT2D eigenvalue weighted by atomic mass is 35.5. The number of benzene rings is 2. The molecule has 0 unspecified atom stereocenters. The summed E-state index contributed by atoms with van der Waals surface area (Å²) in [4.78, 5) is 19.8. The molecule has 25 heavy (non-hydrogen) atoms. The lowest BCUT2D eigenvalue weighted by atomic mass is 10.1. The summed E-state index contributed by atoms with van der Waals surface area (Å²) < 4.78 is 27.0. The Bertz CT molecular complexity index is 1040. The van der Waals surface area contributed by atoms with Gasteiger partial charge in [-0.25, -0.2) is 27.9 Å². The number of nitrogens with zero attached hydrogens (tertiary/aromatic N) is 2. The van der Waals surface area contributed by atoms with Gasteiger partial charge < -0.3 is 0 Å². The Kier molecular flexibility index (Phi) is 4.56. The first-order valence-corrected chi connectivity index (χ1v) is 9.04. The molecule has 9 heteroatoms. The van der Waals surface area contributed by atoms with Crippen molar-refractivity contribution in [2.24, 2.45) is 0 Å². The van der Waals surface area contributed by atoms with Crippen molar-refractivity contribution in [3.63, 3.8) is 0 Å². The molecule has 0 fully saturated rings. The van der Waals surface area contributed by atoms with Gasteiger partial charge in [-0.3, -0.25) is 5.32 Å². The third-order valence-electron chi connectivity index (χ3n) is 3.31. The molecule has 2 N–H and O–H groups in total. The quantitative estimate of drug-likeness (QED) is 0.684. The number of carbonyl (C=O) groups is 1. The predicted molar refractivity (Wildman–Crippen MR) is 95.1 cm³/mol. The number of carbonyl (C=O) groups excluding carboxylic acids is 1. The molecule has 2 aromatic carbocycles. The van der Waals surface area contributed by atoms with Crippen LogP contribution in [0.25, 0.3) is 10.8 Å². The van der Waals surface area contributed by atoms with Crippen LogP contribution in [-0.4, -0.2) is 24.4 Å². The van der Waals surface area contributed by atoms with Crippen molar-refractivity contribution in [3.05, 3.63) is 59.4 Å². The molecule has 2 amide bonds. The predicted octanol–water partition coefficient (Wildman–Crippen LogP) is 3.10. The standard InChI is InChI=1S/C16H13ClN4O3S/c1-10-9-14(17)19-15(18-10)20-16(22)21-25(23,24)13-8-4-6-11-5-2-3-7-12(11)13/h2-9H,1H3,(H2,18,19,20,21,22). The first-order chi connectivity index (χ1) is 11.8. The van der Waals surface area contributed by atoms with Gasteiger partial charge in [0.2, 0.25) is 5.95 Å². The Balaban J connectivity index is 1.86. The van der Waals surface area contributed by atoms with Crippen molar-refractivity contribution < 1.29 is 13.2 Å². The van der Waals surface area contributed by atoms with Gasteiger partial charge in [-0.15, -0.1) is 0 Å². The summed E-state index contributed by atoms with van der Waals surface area (Å²) in [6.07, 6.45) is 0. The maximum Gasteiger partial charge on any atom is 0.335 e. The molecule has 0 bridgehead atoms. The Morgan fingerprint density at radius 2 is 1.80 bits per heavy atom. The second kappa shape index (κ2) is 6.66. The average molecular weight is 377 g/mol. The van der Waals surface area contributed by atoms with Crippen molar-refractivity contribution in [3.8, 4) is 0 Å². The van der Waals surface area contributed by atoms with Crippen LogP contribution in [0.3, 0.4) is 0 Å². The highest BCUT2D eigenvalue weighted by Gasteiger charge is 2.20. The minimum atomic E-state index is -4.08. The molecular weight excluding hydrogens is 364 g/mol. The first-order valence-electron chi connectivity index (χ1n) is 7.18. The second-order valence-corrected chi connectivity index (χ2v) is 7.23. The minimum Gasteiger partial charge on any atom is -0.275 e. The van der Waals surface area contributed by atoms with E-state index in [1.807, 2.05) is 4.72 Å². The number of rotatable bonds is 3. The fourth-order valence-corrected chi connectivity index (χ4v) is 3.70. The van der Waals surface area contributed by atoms with Gasteiger partial charge in [-0.05, 0) is 24.4 Å². The zero-order valence-electron chi connectivity index (χ0n) is 13.0. The number of hydrogen-bond acceptors (Lipinski definition) is 5. The van der Waals surface area contributed by atoms with Gasteiger partial charge >= 0.3 is 6.03 Å². The summed E-state index contributed by atoms with van der Waals surface area (Å²) >= 11 is 5.79. The van der Waals surface area contributed by atoms with Crippen LogP contribution in [0, 0.1) is 6.92 Å². The van der Waals surface area contributed by atoms with Gasteiger partial charge in [-0.2, -0.15) is 0 Å². The minimum absolute atomic E-state index is 0.00365. The first kappa shape index (κ1) is 17.1. The van der Waals surface area contributed by atoms with E-state index in [2.05, 4.69) is 15.3 Å². The average Bonchev–Trinajstić information content (AvgIpc) is 2.52. The molecule has 0 saturated carbocycles. The SMILES string of the molecule is Cc1cc(Cl)nc(NC(=O)NS(=O)(=O)c2cccc3ccccc23)n1. The van der Waals surface area contributed by atoms with E-state index in [1.165, 1.54) is 12.1 Å². The van der Waals surface area contributed by atoms with Gasteiger partial charge in [0.25, 0.3) is 10.0 Å². The molecule has 3 rings (SSSR count). The largest absolute Gasteiger partial charge is 0.335 e. The summed E-state index contributed by atoms with van der Waals surface area (Å²) in [6, 6.07) is 12.4. The molecule has 0 atom stereocenters. The van der Waals surface area contributed by atoms with Gasteiger partial charge in [0.1, 0.15) is 5.15 Å². The second-order valence-electron chi connectivity index (χ2n) is 5.19. The van der Waals surface area contributed by atoms with Crippen molar-refractivity contribution in [1.82, 2.24) is 14.7 Å². The summed E-state index contributed by atoms with van der Waals surface area (Å²) in [6.45, 7) is 1.67. The van der Waals surface area contributed by atoms with Gasteiger partial charge in [0.15, 0.2) is 0 Å². The van der Waals surface area contributed by atoms with Crippen LogP contribution in [0.4, 0.5) is 10.7 Å². The molecule has 0 spiro atoms. The lowest BCUT2D eigenvalue weighted by Gasteiger charge is -2.10. The highest BCUT2D eigenvalue weighted by molar-refractivity contribution is 7.90. The number of fused-ring (bicyclic) bond motifs is 1. The van der Waals surface area contributed by atoms with E-state index < -0.39 is 16.1 Å². The topological polar surface area (TPSA) is 101 Å². The number of anilines is 1. The van der Waals surface area contributed by atoms with Crippen molar-refractivity contribution >= 4 is 44.4 Å². The maximum atomic E-state index is 12.5. The molecule has 0 aliphatic rings. The van der Waals surface area contributed by atoms with Crippen molar-refractivity contribution in [2.75, 3.05) is 5.32 Å². The smallest absolute Gasteiger partial charge is 0.275 e. The van der Waals surface area contributed by atoms with E-state index in [0.717, 1.165) is 5.39 Å². The third kappa shape index (κ3) is 3.86. The molecule has 3 aromatic rings. The van der Waals surface area contributed by atoms with E-state index in [1.54, 1.807) is 43.3 Å². The van der Waals surface area contributed by atoms with Crippen molar-refractivity contribution in [1.29, 1.82) is 0 Å². The van der Waals surface area contributed by atoms with Crippen LogP contribution in [-0.2, 0) is 10.0 Å². The van der Waals surface area contributed by atoms with E-state index in [4.69, 9.17) is 11.6 Å². The zero-order chi connectivity index (χ0) is 18.0. The fraction of sp³-hybridized carbons (Fsp3) is 0.0625. The lowest BCUT2D eigenvalue weighted by Crippen LogP contribution is -2.35. The molecule has 1 heterocycles. The van der Waals surface area contributed by atoms with Crippen LogP contribution in [0.1, 0.15) is 5.69 Å². The molecule has 0 radical (unpaired) electrons.